The summed E-state index contributed by atoms with van der Waals surface area (Å²) in [7, 11) is 0. The van der Waals surface area contributed by atoms with Crippen LogP contribution in [-0.2, 0) is 0 Å². The van der Waals surface area contributed by atoms with Gasteiger partial charge >= 0.3 is 0 Å². The highest BCUT2D eigenvalue weighted by Crippen LogP contribution is 2.30. The Hall–Kier alpha value is -0.450. The Morgan fingerprint density at radius 1 is 1.31 bits per heavy atom. The molecule has 1 heterocycles. The van der Waals surface area contributed by atoms with Crippen molar-refractivity contribution >= 4 is 33.1 Å². The van der Waals surface area contributed by atoms with Gasteiger partial charge in [-0.2, -0.15) is 0 Å². The van der Waals surface area contributed by atoms with Crippen LogP contribution in [-0.4, -0.2) is 23.0 Å². The first-order chi connectivity index (χ1) is 7.70. The van der Waals surface area contributed by atoms with Crippen LogP contribution in [0.25, 0.3) is 0 Å². The zero-order valence-corrected chi connectivity index (χ0v) is 11.4. The molecule has 1 aliphatic heterocycles. The predicted octanol–water partition coefficient (Wildman–Crippen LogP) is 2.87. The Labute approximate surface area is 110 Å². The Bertz CT molecular complexity index is 388. The molecule has 0 spiro atoms. The molecule has 0 radical (unpaired) electrons. The van der Waals surface area contributed by atoms with E-state index in [1.54, 1.807) is 0 Å². The summed E-state index contributed by atoms with van der Waals surface area (Å²) in [5.41, 5.74) is 7.06. The lowest BCUT2D eigenvalue weighted by Gasteiger charge is -2.27. The first-order valence-electron chi connectivity index (χ1n) is 5.48. The maximum Gasteiger partial charge on any atom is 0.0948 e. The minimum atomic E-state index is 0.0769. The first kappa shape index (κ1) is 12.0. The van der Waals surface area contributed by atoms with E-state index >= 15 is 0 Å². The summed E-state index contributed by atoms with van der Waals surface area (Å²) < 4.78 is 1.08. The van der Waals surface area contributed by atoms with Crippen LogP contribution in [0.3, 0.4) is 0 Å². The number of thiocarbonyl (C=S) groups is 1. The third kappa shape index (κ3) is 2.44. The summed E-state index contributed by atoms with van der Waals surface area (Å²) in [5.74, 6) is 0. The van der Waals surface area contributed by atoms with Gasteiger partial charge in [-0.1, -0.05) is 46.3 Å². The Morgan fingerprint density at radius 2 is 1.94 bits per heavy atom. The number of likely N-dealkylation sites (tertiary alicyclic amines) is 1. The van der Waals surface area contributed by atoms with Gasteiger partial charge in [-0.3, -0.25) is 4.90 Å². The summed E-state index contributed by atoms with van der Waals surface area (Å²) in [6.07, 6.45) is 2.48. The average molecular weight is 299 g/mol. The van der Waals surface area contributed by atoms with Crippen molar-refractivity contribution in [2.45, 2.75) is 18.9 Å². The Balaban J connectivity index is 2.32. The van der Waals surface area contributed by atoms with Crippen LogP contribution < -0.4 is 5.73 Å². The number of hydrogen-bond donors (Lipinski definition) is 1. The molecule has 2 N–H and O–H groups in total. The zero-order chi connectivity index (χ0) is 11.5. The van der Waals surface area contributed by atoms with Crippen LogP contribution in [0, 0.1) is 0 Å². The van der Waals surface area contributed by atoms with Crippen LogP contribution in [0.1, 0.15) is 24.4 Å². The minimum Gasteiger partial charge on any atom is -0.392 e. The first-order valence-corrected chi connectivity index (χ1v) is 6.68. The molecule has 2 rings (SSSR count). The molecule has 0 saturated carbocycles. The standard InChI is InChI=1S/C12H15BrN2S/c13-10-6-2-1-5-9(10)11(12(14)16)15-7-3-4-8-15/h1-2,5-6,11H,3-4,7-8H2,(H2,14,16). The van der Waals surface area contributed by atoms with Gasteiger partial charge in [-0.05, 0) is 37.6 Å². The van der Waals surface area contributed by atoms with Gasteiger partial charge in [0.15, 0.2) is 0 Å². The van der Waals surface area contributed by atoms with E-state index in [-0.39, 0.29) is 6.04 Å². The van der Waals surface area contributed by atoms with Crippen molar-refractivity contribution in [3.8, 4) is 0 Å². The SMILES string of the molecule is NC(=S)C(c1ccccc1Br)N1CCCC1. The van der Waals surface area contributed by atoms with E-state index < -0.39 is 0 Å². The molecule has 1 unspecified atom stereocenters. The number of halogens is 1. The number of benzene rings is 1. The van der Waals surface area contributed by atoms with Crippen molar-refractivity contribution < 1.29 is 0 Å². The minimum absolute atomic E-state index is 0.0769. The molecule has 0 amide bonds. The summed E-state index contributed by atoms with van der Waals surface area (Å²) in [4.78, 5) is 2.93. The van der Waals surface area contributed by atoms with Gasteiger partial charge in [-0.15, -0.1) is 0 Å². The molecule has 1 atom stereocenters. The molecule has 1 aromatic rings. The predicted molar refractivity (Wildman–Crippen MR) is 74.5 cm³/mol. The third-order valence-electron chi connectivity index (χ3n) is 2.98. The maximum absolute atomic E-state index is 5.89. The zero-order valence-electron chi connectivity index (χ0n) is 9.03. The molecule has 0 aliphatic carbocycles. The van der Waals surface area contributed by atoms with E-state index in [9.17, 15) is 0 Å². The van der Waals surface area contributed by atoms with Gasteiger partial charge < -0.3 is 5.73 Å². The quantitative estimate of drug-likeness (QED) is 0.870. The van der Waals surface area contributed by atoms with Crippen molar-refractivity contribution in [1.82, 2.24) is 4.90 Å². The highest BCUT2D eigenvalue weighted by Gasteiger charge is 2.26. The van der Waals surface area contributed by atoms with E-state index in [4.69, 9.17) is 18.0 Å². The molecule has 4 heteroatoms. The van der Waals surface area contributed by atoms with Crippen molar-refractivity contribution in [2.24, 2.45) is 5.73 Å². The topological polar surface area (TPSA) is 29.3 Å². The highest BCUT2D eigenvalue weighted by atomic mass is 79.9. The molecule has 86 valence electrons. The van der Waals surface area contributed by atoms with Crippen LogP contribution >= 0.6 is 28.1 Å². The van der Waals surface area contributed by atoms with Gasteiger partial charge in [0.1, 0.15) is 0 Å². The normalized spacial score (nSPS) is 18.6. The molecule has 0 bridgehead atoms. The lowest BCUT2D eigenvalue weighted by Crippen LogP contribution is -2.35. The van der Waals surface area contributed by atoms with Gasteiger partial charge in [0.05, 0.1) is 11.0 Å². The fourth-order valence-electron chi connectivity index (χ4n) is 2.23. The fraction of sp³-hybridized carbons (Fsp3) is 0.417. The van der Waals surface area contributed by atoms with Gasteiger partial charge in [0.25, 0.3) is 0 Å². The van der Waals surface area contributed by atoms with E-state index in [1.165, 1.54) is 18.4 Å². The lowest BCUT2D eigenvalue weighted by molar-refractivity contribution is 0.304. The van der Waals surface area contributed by atoms with Gasteiger partial charge in [0.2, 0.25) is 0 Å². The second-order valence-electron chi connectivity index (χ2n) is 4.07. The summed E-state index contributed by atoms with van der Waals surface area (Å²) in [6.45, 7) is 2.17. The smallest absolute Gasteiger partial charge is 0.0948 e. The van der Waals surface area contributed by atoms with E-state index in [0.29, 0.717) is 4.99 Å². The Morgan fingerprint density at radius 3 is 2.50 bits per heavy atom. The molecule has 1 aliphatic rings. The second-order valence-corrected chi connectivity index (χ2v) is 5.40. The van der Waals surface area contributed by atoms with Crippen LogP contribution in [0.4, 0.5) is 0 Å². The molecular formula is C12H15BrN2S. The summed E-state index contributed by atoms with van der Waals surface area (Å²) in [6, 6.07) is 8.24. The lowest BCUT2D eigenvalue weighted by atomic mass is 10.1. The Kier molecular flexibility index (Phi) is 3.95. The molecule has 1 fully saturated rings. The summed E-state index contributed by atoms with van der Waals surface area (Å²) in [5, 5.41) is 0. The highest BCUT2D eigenvalue weighted by molar-refractivity contribution is 9.10. The maximum atomic E-state index is 5.89. The summed E-state index contributed by atoms with van der Waals surface area (Å²) >= 11 is 8.78. The van der Waals surface area contributed by atoms with E-state index in [2.05, 4.69) is 26.9 Å². The van der Waals surface area contributed by atoms with Gasteiger partial charge in [-0.25, -0.2) is 0 Å². The van der Waals surface area contributed by atoms with Crippen molar-refractivity contribution in [3.63, 3.8) is 0 Å². The number of hydrogen-bond acceptors (Lipinski definition) is 2. The molecule has 0 aromatic heterocycles. The van der Waals surface area contributed by atoms with E-state index in [1.807, 2.05) is 18.2 Å². The van der Waals surface area contributed by atoms with E-state index in [0.717, 1.165) is 17.6 Å². The largest absolute Gasteiger partial charge is 0.392 e. The molecular weight excluding hydrogens is 284 g/mol. The van der Waals surface area contributed by atoms with Crippen molar-refractivity contribution in [2.75, 3.05) is 13.1 Å². The number of nitrogens with two attached hydrogens (primary N) is 1. The van der Waals surface area contributed by atoms with Crippen molar-refractivity contribution in [1.29, 1.82) is 0 Å². The fourth-order valence-corrected chi connectivity index (χ4v) is 3.00. The average Bonchev–Trinajstić information content (AvgIpc) is 2.74. The molecule has 1 aromatic carbocycles. The number of nitrogens with zero attached hydrogens (tertiary/aromatic N) is 1. The monoisotopic (exact) mass is 298 g/mol. The van der Waals surface area contributed by atoms with Crippen LogP contribution in [0.15, 0.2) is 28.7 Å². The van der Waals surface area contributed by atoms with Crippen LogP contribution in [0.2, 0.25) is 0 Å². The van der Waals surface area contributed by atoms with Crippen LogP contribution in [0.5, 0.6) is 0 Å². The number of rotatable bonds is 3. The molecule has 2 nitrogen and oxygen atoms in total. The van der Waals surface area contributed by atoms with Crippen molar-refractivity contribution in [3.05, 3.63) is 34.3 Å². The molecule has 1 saturated heterocycles. The molecule has 16 heavy (non-hydrogen) atoms. The van der Waals surface area contributed by atoms with Gasteiger partial charge in [0, 0.05) is 4.47 Å². The second kappa shape index (κ2) is 5.25. The third-order valence-corrected chi connectivity index (χ3v) is 3.92.